The van der Waals surface area contributed by atoms with Crippen molar-refractivity contribution < 1.29 is 19.7 Å². The number of ether oxygens (including phenoxy) is 1. The molecular weight excluding hydrogens is 448 g/mol. The summed E-state index contributed by atoms with van der Waals surface area (Å²) in [6.07, 6.45) is 14.5. The van der Waals surface area contributed by atoms with Gasteiger partial charge in [-0.05, 0) is 130 Å². The van der Waals surface area contributed by atoms with Gasteiger partial charge >= 0.3 is 0 Å². The lowest BCUT2D eigenvalue weighted by atomic mass is 9.45. The minimum absolute atomic E-state index is 0.0203. The number of aliphatic hydroxyl groups is 2. The van der Waals surface area contributed by atoms with Crippen molar-refractivity contribution in [2.45, 2.75) is 117 Å². The van der Waals surface area contributed by atoms with Crippen LogP contribution in [-0.2, 0) is 9.53 Å². The average molecular weight is 501 g/mol. The number of carbonyl (C=O) groups is 1. The molecule has 1 saturated heterocycles. The molecule has 5 aliphatic rings. The first-order valence-corrected chi connectivity index (χ1v) is 15.2. The number of fused-ring (bicyclic) bond motifs is 5. The van der Waals surface area contributed by atoms with Crippen LogP contribution in [0.2, 0.25) is 0 Å². The number of ketones is 1. The molecule has 0 radical (unpaired) electrons. The monoisotopic (exact) mass is 500 g/mol. The van der Waals surface area contributed by atoms with Gasteiger partial charge in [0.05, 0.1) is 6.10 Å². The molecule has 1 heterocycles. The Bertz CT molecular complexity index is 851. The molecule has 0 aromatic heterocycles. The van der Waals surface area contributed by atoms with Gasteiger partial charge in [0.1, 0.15) is 5.60 Å². The Balaban J connectivity index is 1.31. The molecule has 4 nitrogen and oxygen atoms in total. The van der Waals surface area contributed by atoms with Gasteiger partial charge in [-0.15, -0.1) is 0 Å². The van der Waals surface area contributed by atoms with Crippen molar-refractivity contribution in [3.63, 3.8) is 0 Å². The van der Waals surface area contributed by atoms with Gasteiger partial charge in [-0.1, -0.05) is 32.4 Å². The molecule has 1 aliphatic heterocycles. The highest BCUT2D eigenvalue weighted by atomic mass is 16.5. The van der Waals surface area contributed by atoms with Crippen LogP contribution in [0.15, 0.2) is 11.6 Å². The third-order valence-corrected chi connectivity index (χ3v) is 12.3. The molecule has 4 aliphatic carbocycles. The van der Waals surface area contributed by atoms with Gasteiger partial charge in [0.2, 0.25) is 0 Å². The second-order valence-corrected chi connectivity index (χ2v) is 14.6. The summed E-state index contributed by atoms with van der Waals surface area (Å²) in [6, 6.07) is 0. The van der Waals surface area contributed by atoms with E-state index in [1.807, 2.05) is 0 Å². The molecule has 0 spiro atoms. The summed E-state index contributed by atoms with van der Waals surface area (Å²) in [4.78, 5) is 12.4. The lowest BCUT2D eigenvalue weighted by Crippen LogP contribution is -2.53. The van der Waals surface area contributed by atoms with Crippen molar-refractivity contribution in [3.8, 4) is 0 Å². The van der Waals surface area contributed by atoms with Crippen LogP contribution in [0.3, 0.4) is 0 Å². The molecule has 36 heavy (non-hydrogen) atoms. The standard InChI is InChI=1S/C32H52O4/c1-20(8-13-29(34)30(2,3)35)25-11-12-26-23-10-9-22-17-28(33)24(21-7-6-16-36-19-21)18-32(22,5)27(23)14-15-31(25,26)4/h9,20-21,23-28,33,35H,6-8,10-19H2,1-5H3/t20-,21?,23?,24?,25-,26?,27?,28-,31-,32+/m1/s1. The number of allylic oxidation sites excluding steroid dienone is 1. The summed E-state index contributed by atoms with van der Waals surface area (Å²) in [5.74, 6) is 4.34. The quantitative estimate of drug-likeness (QED) is 0.418. The lowest BCUT2D eigenvalue weighted by Gasteiger charge is -2.60. The summed E-state index contributed by atoms with van der Waals surface area (Å²) in [7, 11) is 0. The molecule has 204 valence electrons. The van der Waals surface area contributed by atoms with Crippen molar-refractivity contribution in [2.24, 2.45) is 52.3 Å². The predicted octanol–water partition coefficient (Wildman–Crippen LogP) is 6.34. The molecule has 4 heteroatoms. The van der Waals surface area contributed by atoms with Crippen molar-refractivity contribution >= 4 is 5.78 Å². The Hall–Kier alpha value is -0.710. The van der Waals surface area contributed by atoms with Gasteiger partial charge in [-0.25, -0.2) is 0 Å². The fourth-order valence-corrected chi connectivity index (χ4v) is 10.2. The zero-order chi connectivity index (χ0) is 25.9. The summed E-state index contributed by atoms with van der Waals surface area (Å²) in [5.41, 5.74) is 0.941. The maximum Gasteiger partial charge on any atom is 0.163 e. The summed E-state index contributed by atoms with van der Waals surface area (Å²) in [5, 5.41) is 21.3. The van der Waals surface area contributed by atoms with Gasteiger partial charge < -0.3 is 14.9 Å². The highest BCUT2D eigenvalue weighted by Gasteiger charge is 2.60. The number of hydrogen-bond donors (Lipinski definition) is 2. The summed E-state index contributed by atoms with van der Waals surface area (Å²) < 4.78 is 5.86. The third kappa shape index (κ3) is 4.56. The Morgan fingerprint density at radius 1 is 1.17 bits per heavy atom. The van der Waals surface area contributed by atoms with Crippen LogP contribution < -0.4 is 0 Å². The molecule has 0 amide bonds. The van der Waals surface area contributed by atoms with Crippen molar-refractivity contribution in [2.75, 3.05) is 13.2 Å². The van der Waals surface area contributed by atoms with E-state index in [0.717, 1.165) is 56.7 Å². The zero-order valence-corrected chi connectivity index (χ0v) is 23.6. The normalized spacial score (nSPS) is 45.8. The van der Waals surface area contributed by atoms with E-state index < -0.39 is 5.60 Å². The van der Waals surface area contributed by atoms with E-state index in [-0.39, 0.29) is 17.3 Å². The fourth-order valence-electron chi connectivity index (χ4n) is 10.2. The van der Waals surface area contributed by atoms with Gasteiger partial charge in [0.25, 0.3) is 0 Å². The Kier molecular flexibility index (Phi) is 7.31. The molecule has 2 N–H and O–H groups in total. The van der Waals surface area contributed by atoms with Gasteiger partial charge in [0, 0.05) is 19.6 Å². The van der Waals surface area contributed by atoms with E-state index in [2.05, 4.69) is 26.8 Å². The van der Waals surface area contributed by atoms with E-state index in [1.54, 1.807) is 19.4 Å². The number of carbonyl (C=O) groups excluding carboxylic acids is 1. The van der Waals surface area contributed by atoms with Gasteiger partial charge in [-0.3, -0.25) is 4.79 Å². The Labute approximate surface area is 219 Å². The highest BCUT2D eigenvalue weighted by molar-refractivity contribution is 5.86. The molecule has 0 bridgehead atoms. The third-order valence-electron chi connectivity index (χ3n) is 12.3. The lowest BCUT2D eigenvalue weighted by molar-refractivity contribution is -0.134. The zero-order valence-electron chi connectivity index (χ0n) is 23.6. The maximum absolute atomic E-state index is 12.4. The smallest absolute Gasteiger partial charge is 0.163 e. The number of rotatable bonds is 6. The van der Waals surface area contributed by atoms with E-state index in [0.29, 0.717) is 35.5 Å². The van der Waals surface area contributed by atoms with Crippen LogP contribution >= 0.6 is 0 Å². The van der Waals surface area contributed by atoms with Crippen molar-refractivity contribution in [3.05, 3.63) is 11.6 Å². The van der Waals surface area contributed by atoms with Crippen molar-refractivity contribution in [1.82, 2.24) is 0 Å². The molecule has 10 atom stereocenters. The van der Waals surface area contributed by atoms with Gasteiger partial charge in [-0.2, -0.15) is 0 Å². The van der Waals surface area contributed by atoms with Crippen molar-refractivity contribution in [1.29, 1.82) is 0 Å². The Morgan fingerprint density at radius 3 is 2.64 bits per heavy atom. The first-order valence-electron chi connectivity index (χ1n) is 15.2. The molecule has 5 unspecified atom stereocenters. The largest absolute Gasteiger partial charge is 0.392 e. The second kappa shape index (κ2) is 9.79. The molecule has 4 fully saturated rings. The van der Waals surface area contributed by atoms with Crippen LogP contribution in [0.5, 0.6) is 0 Å². The van der Waals surface area contributed by atoms with E-state index >= 15 is 0 Å². The second-order valence-electron chi connectivity index (χ2n) is 14.6. The number of Topliss-reactive ketones (excluding diaryl/α,β-unsaturated/α-hetero) is 1. The topological polar surface area (TPSA) is 66.8 Å². The van der Waals surface area contributed by atoms with Crippen LogP contribution in [-0.4, -0.2) is 40.9 Å². The molecular formula is C32H52O4. The minimum Gasteiger partial charge on any atom is -0.392 e. The highest BCUT2D eigenvalue weighted by Crippen LogP contribution is 2.68. The predicted molar refractivity (Wildman–Crippen MR) is 143 cm³/mol. The fraction of sp³-hybridized carbons (Fsp3) is 0.906. The molecule has 0 aromatic rings. The summed E-state index contributed by atoms with van der Waals surface area (Å²) >= 11 is 0. The maximum atomic E-state index is 12.4. The molecule has 0 aromatic carbocycles. The van der Waals surface area contributed by atoms with Gasteiger partial charge in [0.15, 0.2) is 5.78 Å². The number of hydrogen-bond acceptors (Lipinski definition) is 4. The van der Waals surface area contributed by atoms with Crippen LogP contribution in [0.1, 0.15) is 105 Å². The van der Waals surface area contributed by atoms with E-state index in [9.17, 15) is 15.0 Å². The molecule has 3 saturated carbocycles. The first kappa shape index (κ1) is 26.9. The Morgan fingerprint density at radius 2 is 1.94 bits per heavy atom. The SMILES string of the molecule is C[C@H](CCC(=O)C(C)(C)O)[C@H]1CCC2C3CC=C4C[C@@H](O)C(C5CCCOC5)C[C@]4(C)C3CC[C@@]21C. The first-order chi connectivity index (χ1) is 16.9. The number of aliphatic hydroxyl groups excluding tert-OH is 1. The van der Waals surface area contributed by atoms with Crippen LogP contribution in [0.4, 0.5) is 0 Å². The van der Waals surface area contributed by atoms with E-state index in [1.165, 1.54) is 38.5 Å². The average Bonchev–Trinajstić information content (AvgIpc) is 3.19. The van der Waals surface area contributed by atoms with Crippen LogP contribution in [0.25, 0.3) is 0 Å². The van der Waals surface area contributed by atoms with Crippen LogP contribution in [0, 0.1) is 52.3 Å². The molecule has 5 rings (SSSR count). The minimum atomic E-state index is -1.21. The van der Waals surface area contributed by atoms with E-state index in [4.69, 9.17) is 4.74 Å². The summed E-state index contributed by atoms with van der Waals surface area (Å²) in [6.45, 7) is 12.5.